The van der Waals surface area contributed by atoms with Gasteiger partial charge in [-0.1, -0.05) is 23.2 Å². The fourth-order valence-corrected chi connectivity index (χ4v) is 1.31. The van der Waals surface area contributed by atoms with E-state index in [2.05, 4.69) is 0 Å². The van der Waals surface area contributed by atoms with Crippen molar-refractivity contribution >= 4 is 29.1 Å². The van der Waals surface area contributed by atoms with Crippen LogP contribution in [0.4, 0.5) is 0 Å². The summed E-state index contributed by atoms with van der Waals surface area (Å²) in [5.41, 5.74) is 5.22. The second kappa shape index (κ2) is 3.65. The molecule has 0 aromatic heterocycles. The highest BCUT2D eigenvalue weighted by molar-refractivity contribution is 6.36. The first kappa shape index (κ1) is 9.85. The predicted molar refractivity (Wildman–Crippen MR) is 49.7 cm³/mol. The van der Waals surface area contributed by atoms with Gasteiger partial charge in [-0.15, -0.1) is 0 Å². The lowest BCUT2D eigenvalue weighted by Crippen LogP contribution is -2.12. The summed E-state index contributed by atoms with van der Waals surface area (Å²) in [5, 5.41) is 8.90. The fourth-order valence-electron chi connectivity index (χ4n) is 0.850. The molecule has 2 N–H and O–H groups in total. The van der Waals surface area contributed by atoms with Crippen LogP contribution in [0.25, 0.3) is 0 Å². The Hall–Kier alpha value is -1.24. The summed E-state index contributed by atoms with van der Waals surface area (Å²) < 4.78 is 0. The molecule has 5 heteroatoms. The van der Waals surface area contributed by atoms with Gasteiger partial charge in [0.15, 0.2) is 0 Å². The summed E-state index contributed by atoms with van der Waals surface area (Å²) in [6.07, 6.45) is 0. The van der Waals surface area contributed by atoms with Crippen LogP contribution in [-0.2, 0) is 0 Å². The minimum absolute atomic E-state index is 0.0411. The second-order valence-corrected chi connectivity index (χ2v) is 3.11. The maximum absolute atomic E-state index is 10.8. The van der Waals surface area contributed by atoms with E-state index in [0.717, 1.165) is 0 Å². The number of nitrogens with zero attached hydrogens (tertiary/aromatic N) is 1. The summed E-state index contributed by atoms with van der Waals surface area (Å²) >= 11 is 11.3. The van der Waals surface area contributed by atoms with Crippen LogP contribution in [0.15, 0.2) is 12.1 Å². The molecule has 1 aromatic rings. The van der Waals surface area contributed by atoms with E-state index in [4.69, 9.17) is 34.2 Å². The van der Waals surface area contributed by atoms with Crippen molar-refractivity contribution in [3.8, 4) is 6.07 Å². The Bertz CT molecular complexity index is 409. The lowest BCUT2D eigenvalue weighted by molar-refractivity contribution is 0.100. The van der Waals surface area contributed by atoms with E-state index >= 15 is 0 Å². The molecule has 0 aliphatic heterocycles. The van der Waals surface area contributed by atoms with E-state index in [1.165, 1.54) is 12.1 Å². The average Bonchev–Trinajstić information content (AvgIpc) is 2.08. The minimum atomic E-state index is -0.705. The number of halogens is 2. The van der Waals surface area contributed by atoms with Crippen LogP contribution in [0.2, 0.25) is 10.0 Å². The van der Waals surface area contributed by atoms with Gasteiger partial charge in [0.2, 0.25) is 5.91 Å². The SMILES string of the molecule is N#Cc1cc(Cl)cc(C(N)=O)c1Cl. The lowest BCUT2D eigenvalue weighted by Gasteiger charge is -2.01. The topological polar surface area (TPSA) is 66.9 Å². The predicted octanol–water partition coefficient (Wildman–Crippen LogP) is 1.96. The Morgan fingerprint density at radius 1 is 1.46 bits per heavy atom. The number of nitrogens with two attached hydrogens (primary N) is 1. The first-order valence-electron chi connectivity index (χ1n) is 3.25. The Balaban J connectivity index is 3.47. The van der Waals surface area contributed by atoms with Gasteiger partial charge in [0.25, 0.3) is 0 Å². The van der Waals surface area contributed by atoms with Crippen LogP contribution >= 0.6 is 23.2 Å². The number of carbonyl (C=O) groups is 1. The number of hydrogen-bond donors (Lipinski definition) is 1. The van der Waals surface area contributed by atoms with Gasteiger partial charge in [-0.2, -0.15) is 5.26 Å². The van der Waals surface area contributed by atoms with Crippen LogP contribution in [0.1, 0.15) is 15.9 Å². The van der Waals surface area contributed by atoms with Crippen molar-refractivity contribution in [3.63, 3.8) is 0 Å². The molecule has 1 amide bonds. The van der Waals surface area contributed by atoms with Crippen LogP contribution in [0.3, 0.4) is 0 Å². The van der Waals surface area contributed by atoms with Gasteiger partial charge in [0.05, 0.1) is 16.1 Å². The summed E-state index contributed by atoms with van der Waals surface area (Å²) in [7, 11) is 0. The van der Waals surface area contributed by atoms with Crippen LogP contribution in [-0.4, -0.2) is 5.91 Å². The zero-order valence-corrected chi connectivity index (χ0v) is 7.86. The number of benzene rings is 1. The maximum atomic E-state index is 10.8. The van der Waals surface area contributed by atoms with Gasteiger partial charge < -0.3 is 5.73 Å². The van der Waals surface area contributed by atoms with Crippen LogP contribution in [0, 0.1) is 11.3 Å². The molecule has 0 radical (unpaired) electrons. The van der Waals surface area contributed by atoms with E-state index in [-0.39, 0.29) is 21.2 Å². The van der Waals surface area contributed by atoms with Gasteiger partial charge in [0.1, 0.15) is 6.07 Å². The molecule has 0 fully saturated rings. The molecule has 66 valence electrons. The second-order valence-electron chi connectivity index (χ2n) is 2.29. The monoisotopic (exact) mass is 214 g/mol. The molecule has 1 aromatic carbocycles. The molecular formula is C8H4Cl2N2O. The number of nitriles is 1. The van der Waals surface area contributed by atoms with Crippen LogP contribution < -0.4 is 5.73 Å². The summed E-state index contributed by atoms with van der Waals surface area (Å²) in [4.78, 5) is 10.8. The molecule has 0 aliphatic carbocycles. The Morgan fingerprint density at radius 3 is 2.54 bits per heavy atom. The molecule has 13 heavy (non-hydrogen) atoms. The zero-order valence-electron chi connectivity index (χ0n) is 6.34. The maximum Gasteiger partial charge on any atom is 0.250 e. The average molecular weight is 215 g/mol. The standard InChI is InChI=1S/C8H4Cl2N2O/c9-5-1-4(3-11)7(10)6(2-5)8(12)13/h1-2H,(H2,12,13). The molecule has 0 spiro atoms. The van der Waals surface area contributed by atoms with E-state index in [9.17, 15) is 4.79 Å². The van der Waals surface area contributed by atoms with Crippen molar-refractivity contribution < 1.29 is 4.79 Å². The summed E-state index contributed by atoms with van der Waals surface area (Å²) in [6, 6.07) is 4.50. The van der Waals surface area contributed by atoms with Crippen LogP contribution in [0.5, 0.6) is 0 Å². The molecular weight excluding hydrogens is 211 g/mol. The first-order chi connectivity index (χ1) is 6.06. The minimum Gasteiger partial charge on any atom is -0.366 e. The molecule has 0 saturated carbocycles. The van der Waals surface area contributed by atoms with Crippen molar-refractivity contribution in [1.29, 1.82) is 5.26 Å². The molecule has 0 heterocycles. The van der Waals surface area contributed by atoms with Gasteiger partial charge in [-0.25, -0.2) is 0 Å². The summed E-state index contributed by atoms with van der Waals surface area (Å²) in [6.45, 7) is 0. The number of hydrogen-bond acceptors (Lipinski definition) is 2. The number of rotatable bonds is 1. The third-order valence-corrected chi connectivity index (χ3v) is 2.05. The van der Waals surface area contributed by atoms with E-state index in [0.29, 0.717) is 0 Å². The van der Waals surface area contributed by atoms with Gasteiger partial charge in [-0.05, 0) is 12.1 Å². The first-order valence-corrected chi connectivity index (χ1v) is 4.01. The smallest absolute Gasteiger partial charge is 0.250 e. The van der Waals surface area contributed by atoms with Crippen molar-refractivity contribution in [1.82, 2.24) is 0 Å². The number of primary amides is 1. The summed E-state index contributed by atoms with van der Waals surface area (Å²) in [5.74, 6) is -0.705. The van der Waals surface area contributed by atoms with Crippen molar-refractivity contribution in [2.75, 3.05) is 0 Å². The number of amides is 1. The van der Waals surface area contributed by atoms with Crippen molar-refractivity contribution in [2.45, 2.75) is 0 Å². The van der Waals surface area contributed by atoms with E-state index in [1.54, 1.807) is 0 Å². The highest BCUT2D eigenvalue weighted by Crippen LogP contribution is 2.24. The Kier molecular flexibility index (Phi) is 2.76. The van der Waals surface area contributed by atoms with E-state index in [1.807, 2.05) is 6.07 Å². The lowest BCUT2D eigenvalue weighted by atomic mass is 10.1. The fraction of sp³-hybridized carbons (Fsp3) is 0. The highest BCUT2D eigenvalue weighted by Gasteiger charge is 2.11. The normalized spacial score (nSPS) is 9.31. The Labute approximate surface area is 84.7 Å². The molecule has 0 aliphatic rings. The molecule has 0 bridgehead atoms. The molecule has 1 rings (SSSR count). The highest BCUT2D eigenvalue weighted by atomic mass is 35.5. The largest absolute Gasteiger partial charge is 0.366 e. The third kappa shape index (κ3) is 1.92. The van der Waals surface area contributed by atoms with Crippen molar-refractivity contribution in [3.05, 3.63) is 33.3 Å². The zero-order chi connectivity index (χ0) is 10.0. The quantitative estimate of drug-likeness (QED) is 0.777. The molecule has 0 atom stereocenters. The van der Waals surface area contributed by atoms with Crippen molar-refractivity contribution in [2.24, 2.45) is 5.73 Å². The van der Waals surface area contributed by atoms with E-state index < -0.39 is 5.91 Å². The Morgan fingerprint density at radius 2 is 2.08 bits per heavy atom. The molecule has 0 saturated heterocycles. The molecule has 3 nitrogen and oxygen atoms in total. The number of carbonyl (C=O) groups excluding carboxylic acids is 1. The molecule has 0 unspecified atom stereocenters. The third-order valence-electron chi connectivity index (χ3n) is 1.42. The van der Waals surface area contributed by atoms with Gasteiger partial charge in [-0.3, -0.25) is 4.79 Å². The van der Waals surface area contributed by atoms with Gasteiger partial charge >= 0.3 is 0 Å². The van der Waals surface area contributed by atoms with Gasteiger partial charge in [0, 0.05) is 5.02 Å².